The molecule has 0 aliphatic carbocycles. The molecule has 0 aliphatic heterocycles. The van der Waals surface area contributed by atoms with Crippen LogP contribution in [0.3, 0.4) is 0 Å². The van der Waals surface area contributed by atoms with Gasteiger partial charge in [0.15, 0.2) is 6.10 Å². The van der Waals surface area contributed by atoms with E-state index in [9.17, 15) is 15.0 Å². The zero-order valence-corrected chi connectivity index (χ0v) is 14.8. The van der Waals surface area contributed by atoms with E-state index in [1.54, 1.807) is 18.2 Å². The molecule has 7 heteroatoms. The molecule has 0 saturated heterocycles. The average Bonchev–Trinajstić information content (AvgIpc) is 2.97. The number of benzene rings is 2. The van der Waals surface area contributed by atoms with E-state index in [1.807, 2.05) is 30.3 Å². The zero-order valence-electron chi connectivity index (χ0n) is 11.8. The summed E-state index contributed by atoms with van der Waals surface area (Å²) in [6, 6.07) is 14.6. The molecule has 1 amide bonds. The lowest BCUT2D eigenvalue weighted by Gasteiger charge is -2.15. The number of amides is 1. The van der Waals surface area contributed by atoms with Crippen LogP contribution in [0, 0.1) is 3.57 Å². The highest BCUT2D eigenvalue weighted by Gasteiger charge is 2.28. The summed E-state index contributed by atoms with van der Waals surface area (Å²) >= 11 is 3.39. The number of aliphatic hydroxyl groups is 2. The van der Waals surface area contributed by atoms with Crippen LogP contribution in [-0.4, -0.2) is 27.2 Å². The van der Waals surface area contributed by atoms with E-state index in [4.69, 9.17) is 0 Å². The number of aliphatic hydroxyl groups excluding tert-OH is 2. The van der Waals surface area contributed by atoms with Crippen molar-refractivity contribution in [2.75, 3.05) is 5.32 Å². The minimum Gasteiger partial charge on any atom is -0.383 e. The number of nitrogens with one attached hydrogen (secondary N) is 1. The minimum atomic E-state index is -1.59. The molecule has 1 aromatic heterocycles. The van der Waals surface area contributed by atoms with Gasteiger partial charge in [0.2, 0.25) is 0 Å². The largest absolute Gasteiger partial charge is 0.383 e. The minimum absolute atomic E-state index is 0.316. The third-order valence-electron chi connectivity index (χ3n) is 3.22. The van der Waals surface area contributed by atoms with Gasteiger partial charge >= 0.3 is 0 Å². The van der Waals surface area contributed by atoms with Crippen LogP contribution in [0.15, 0.2) is 48.5 Å². The van der Waals surface area contributed by atoms with Gasteiger partial charge in [0, 0.05) is 9.26 Å². The number of carbonyl (C=O) groups is 1. The molecule has 3 rings (SSSR count). The van der Waals surface area contributed by atoms with Crippen molar-refractivity contribution in [2.45, 2.75) is 12.2 Å². The van der Waals surface area contributed by atoms with Crippen molar-refractivity contribution in [3.63, 3.8) is 0 Å². The molecule has 118 valence electrons. The third kappa shape index (κ3) is 3.69. The Morgan fingerprint density at radius 1 is 1.17 bits per heavy atom. The van der Waals surface area contributed by atoms with Crippen molar-refractivity contribution in [3.05, 3.63) is 57.1 Å². The third-order valence-corrected chi connectivity index (χ3v) is 5.00. The second kappa shape index (κ2) is 6.91. The molecule has 0 fully saturated rings. The maximum atomic E-state index is 12.1. The lowest BCUT2D eigenvalue weighted by atomic mass is 10.2. The first kappa shape index (κ1) is 16.3. The second-order valence-corrected chi connectivity index (χ2v) is 7.22. The van der Waals surface area contributed by atoms with E-state index in [0.29, 0.717) is 10.7 Å². The first-order valence-electron chi connectivity index (χ1n) is 6.82. The van der Waals surface area contributed by atoms with Crippen LogP contribution in [-0.2, 0) is 4.79 Å². The Hall–Kier alpha value is -1.55. The van der Waals surface area contributed by atoms with Crippen molar-refractivity contribution in [2.24, 2.45) is 0 Å². The van der Waals surface area contributed by atoms with Gasteiger partial charge in [-0.3, -0.25) is 4.79 Å². The van der Waals surface area contributed by atoms with Crippen LogP contribution >= 0.6 is 33.9 Å². The first-order valence-corrected chi connectivity index (χ1v) is 8.72. The lowest BCUT2D eigenvalue weighted by molar-refractivity contribution is -0.129. The molecule has 0 saturated carbocycles. The van der Waals surface area contributed by atoms with E-state index in [2.05, 4.69) is 32.9 Å². The van der Waals surface area contributed by atoms with E-state index < -0.39 is 18.1 Å². The van der Waals surface area contributed by atoms with Crippen molar-refractivity contribution in [1.29, 1.82) is 0 Å². The Morgan fingerprint density at radius 3 is 2.70 bits per heavy atom. The number of carbonyl (C=O) groups excluding carboxylic acids is 1. The Kier molecular flexibility index (Phi) is 4.90. The number of hydrogen-bond acceptors (Lipinski definition) is 5. The quantitative estimate of drug-likeness (QED) is 0.545. The summed E-state index contributed by atoms with van der Waals surface area (Å²) in [5, 5.41) is 23.2. The standard InChI is InChI=1S/C16H13IN2O3S/c17-9-4-3-5-10(8-9)18-15(22)13(20)14(21)16-19-11-6-1-2-7-12(11)23-16/h1-8,13-14,20-21H,(H,18,22). The highest BCUT2D eigenvalue weighted by Crippen LogP contribution is 2.28. The Labute approximate surface area is 150 Å². The maximum absolute atomic E-state index is 12.1. The van der Waals surface area contributed by atoms with Gasteiger partial charge < -0.3 is 15.5 Å². The van der Waals surface area contributed by atoms with E-state index in [-0.39, 0.29) is 0 Å². The van der Waals surface area contributed by atoms with E-state index in [1.165, 1.54) is 11.3 Å². The topological polar surface area (TPSA) is 82.5 Å². The predicted molar refractivity (Wildman–Crippen MR) is 98.4 cm³/mol. The number of fused-ring (bicyclic) bond motifs is 1. The molecule has 1 heterocycles. The summed E-state index contributed by atoms with van der Waals surface area (Å²) in [6.45, 7) is 0. The van der Waals surface area contributed by atoms with Crippen LogP contribution in [0.5, 0.6) is 0 Å². The molecule has 2 unspecified atom stereocenters. The fraction of sp³-hybridized carbons (Fsp3) is 0.125. The van der Waals surface area contributed by atoms with Gasteiger partial charge in [-0.25, -0.2) is 4.98 Å². The molecule has 0 radical (unpaired) electrons. The predicted octanol–water partition coefficient (Wildman–Crippen LogP) is 2.93. The monoisotopic (exact) mass is 440 g/mol. The number of nitrogens with zero attached hydrogens (tertiary/aromatic N) is 1. The summed E-state index contributed by atoms with van der Waals surface area (Å²) in [5.74, 6) is -0.668. The van der Waals surface area contributed by atoms with Gasteiger partial charge in [-0.05, 0) is 52.9 Å². The van der Waals surface area contributed by atoms with Gasteiger partial charge in [0.25, 0.3) is 5.91 Å². The number of para-hydroxylation sites is 1. The number of thiazole rings is 1. The molecule has 0 bridgehead atoms. The fourth-order valence-electron chi connectivity index (χ4n) is 2.08. The highest BCUT2D eigenvalue weighted by atomic mass is 127. The summed E-state index contributed by atoms with van der Waals surface area (Å²) in [4.78, 5) is 16.4. The van der Waals surface area contributed by atoms with Gasteiger partial charge in [-0.1, -0.05) is 18.2 Å². The van der Waals surface area contributed by atoms with Crippen LogP contribution in [0.2, 0.25) is 0 Å². The van der Waals surface area contributed by atoms with Gasteiger partial charge in [-0.2, -0.15) is 0 Å². The van der Waals surface area contributed by atoms with Crippen molar-refractivity contribution in [1.82, 2.24) is 4.98 Å². The van der Waals surface area contributed by atoms with Gasteiger partial charge in [0.1, 0.15) is 11.1 Å². The van der Waals surface area contributed by atoms with Crippen molar-refractivity contribution >= 4 is 55.7 Å². The molecule has 3 N–H and O–H groups in total. The highest BCUT2D eigenvalue weighted by molar-refractivity contribution is 14.1. The van der Waals surface area contributed by atoms with Crippen LogP contribution in [0.25, 0.3) is 10.2 Å². The normalized spacial score (nSPS) is 13.7. The number of halogens is 1. The molecule has 0 aliphatic rings. The van der Waals surface area contributed by atoms with Crippen molar-refractivity contribution in [3.8, 4) is 0 Å². The fourth-order valence-corrected chi connectivity index (χ4v) is 3.60. The zero-order chi connectivity index (χ0) is 16.4. The SMILES string of the molecule is O=C(Nc1cccc(I)c1)C(O)C(O)c1nc2ccccc2s1. The van der Waals surface area contributed by atoms with Crippen LogP contribution in [0.4, 0.5) is 5.69 Å². The lowest BCUT2D eigenvalue weighted by Crippen LogP contribution is -2.33. The molecule has 2 aromatic carbocycles. The number of hydrogen-bond donors (Lipinski definition) is 3. The Balaban J connectivity index is 1.75. The number of rotatable bonds is 4. The van der Waals surface area contributed by atoms with Crippen LogP contribution < -0.4 is 5.32 Å². The average molecular weight is 440 g/mol. The molecule has 5 nitrogen and oxygen atoms in total. The molecule has 23 heavy (non-hydrogen) atoms. The maximum Gasteiger partial charge on any atom is 0.256 e. The summed E-state index contributed by atoms with van der Waals surface area (Å²) in [6.07, 6.45) is -2.95. The summed E-state index contributed by atoms with van der Waals surface area (Å²) in [7, 11) is 0. The molecular weight excluding hydrogens is 427 g/mol. The number of aromatic nitrogens is 1. The second-order valence-electron chi connectivity index (χ2n) is 4.91. The molecule has 0 spiro atoms. The molecular formula is C16H13IN2O3S. The first-order chi connectivity index (χ1) is 11.0. The van der Waals surface area contributed by atoms with Gasteiger partial charge in [0.05, 0.1) is 10.2 Å². The summed E-state index contributed by atoms with van der Waals surface area (Å²) < 4.78 is 1.85. The van der Waals surface area contributed by atoms with Crippen LogP contribution in [0.1, 0.15) is 11.1 Å². The number of anilines is 1. The van der Waals surface area contributed by atoms with Crippen molar-refractivity contribution < 1.29 is 15.0 Å². The molecule has 2 atom stereocenters. The summed E-state index contributed by atoms with van der Waals surface area (Å²) in [5.41, 5.74) is 1.30. The van der Waals surface area contributed by atoms with E-state index >= 15 is 0 Å². The van der Waals surface area contributed by atoms with Gasteiger partial charge in [-0.15, -0.1) is 11.3 Å². The molecule has 3 aromatic rings. The Bertz CT molecular complexity index is 819. The smallest absolute Gasteiger partial charge is 0.256 e. The Morgan fingerprint density at radius 2 is 1.96 bits per heavy atom. The van der Waals surface area contributed by atoms with E-state index in [0.717, 1.165) is 13.8 Å².